The minimum Gasteiger partial charge on any atom is -0.393 e. The fraction of sp³-hybridized carbons (Fsp3) is 0.714. The highest BCUT2D eigenvalue weighted by Crippen LogP contribution is 2.21. The maximum atomic E-state index is 12.3. The van der Waals surface area contributed by atoms with E-state index in [4.69, 9.17) is 4.52 Å². The highest BCUT2D eigenvalue weighted by Gasteiger charge is 2.27. The van der Waals surface area contributed by atoms with E-state index >= 15 is 0 Å². The van der Waals surface area contributed by atoms with Crippen LogP contribution >= 0.6 is 0 Å². The molecule has 2 heterocycles. The van der Waals surface area contributed by atoms with Crippen LogP contribution < -0.4 is 0 Å². The molecule has 0 bridgehead atoms. The third-order valence-corrected chi connectivity index (χ3v) is 4.00. The van der Waals surface area contributed by atoms with E-state index in [0.717, 1.165) is 36.4 Å². The van der Waals surface area contributed by atoms with Crippen LogP contribution in [0, 0.1) is 19.8 Å². The summed E-state index contributed by atoms with van der Waals surface area (Å²) in [6.07, 6.45) is 1.94. The van der Waals surface area contributed by atoms with Gasteiger partial charge in [0.05, 0.1) is 18.2 Å². The molecule has 0 spiro atoms. The predicted molar refractivity (Wildman–Crippen MR) is 70.7 cm³/mol. The molecule has 1 aromatic rings. The number of likely N-dealkylation sites (tertiary alicyclic amines) is 1. The van der Waals surface area contributed by atoms with Gasteiger partial charge in [-0.15, -0.1) is 0 Å². The highest BCUT2D eigenvalue weighted by molar-refractivity contribution is 5.79. The molecule has 1 fully saturated rings. The number of nitrogens with zero attached hydrogens (tertiary/aromatic N) is 2. The lowest BCUT2D eigenvalue weighted by Gasteiger charge is -2.34. The van der Waals surface area contributed by atoms with Crippen LogP contribution in [0.2, 0.25) is 0 Å². The van der Waals surface area contributed by atoms with Crippen molar-refractivity contribution in [2.24, 2.45) is 5.92 Å². The second-order valence-electron chi connectivity index (χ2n) is 5.46. The maximum Gasteiger partial charge on any atom is 0.227 e. The summed E-state index contributed by atoms with van der Waals surface area (Å²) < 4.78 is 5.08. The van der Waals surface area contributed by atoms with Gasteiger partial charge in [-0.05, 0) is 33.6 Å². The first kappa shape index (κ1) is 14.1. The number of aliphatic hydroxyl groups excluding tert-OH is 1. The first-order valence-electron chi connectivity index (χ1n) is 6.86. The van der Waals surface area contributed by atoms with Gasteiger partial charge in [0.2, 0.25) is 5.91 Å². The van der Waals surface area contributed by atoms with Crippen LogP contribution in [-0.4, -0.2) is 40.3 Å². The van der Waals surface area contributed by atoms with Crippen molar-refractivity contribution in [1.82, 2.24) is 10.1 Å². The average molecular weight is 266 g/mol. The summed E-state index contributed by atoms with van der Waals surface area (Å²) in [4.78, 5) is 14.2. The molecule has 5 nitrogen and oxygen atoms in total. The fourth-order valence-electron chi connectivity index (χ4n) is 2.65. The molecule has 2 rings (SSSR count). The van der Waals surface area contributed by atoms with Crippen LogP contribution in [0.15, 0.2) is 4.52 Å². The zero-order valence-corrected chi connectivity index (χ0v) is 11.8. The third kappa shape index (κ3) is 3.15. The number of carbonyl (C=O) groups excluding carboxylic acids is 1. The Morgan fingerprint density at radius 1 is 1.58 bits per heavy atom. The number of carbonyl (C=O) groups is 1. The number of rotatable bonds is 3. The van der Waals surface area contributed by atoms with Gasteiger partial charge >= 0.3 is 0 Å². The van der Waals surface area contributed by atoms with Gasteiger partial charge in [-0.1, -0.05) is 5.16 Å². The van der Waals surface area contributed by atoms with E-state index in [2.05, 4.69) is 5.16 Å². The molecule has 0 saturated carbocycles. The van der Waals surface area contributed by atoms with Crippen molar-refractivity contribution in [3.8, 4) is 0 Å². The van der Waals surface area contributed by atoms with E-state index in [1.165, 1.54) is 0 Å². The van der Waals surface area contributed by atoms with E-state index in [1.807, 2.05) is 18.7 Å². The number of aliphatic hydroxyl groups is 1. The molecule has 106 valence electrons. The van der Waals surface area contributed by atoms with Crippen LogP contribution in [0.5, 0.6) is 0 Å². The van der Waals surface area contributed by atoms with Crippen LogP contribution in [0.4, 0.5) is 0 Å². The van der Waals surface area contributed by atoms with Crippen molar-refractivity contribution in [3.05, 3.63) is 17.0 Å². The molecule has 0 radical (unpaired) electrons. The Morgan fingerprint density at radius 2 is 2.32 bits per heavy atom. The Kier molecular flexibility index (Phi) is 4.24. The van der Waals surface area contributed by atoms with Crippen molar-refractivity contribution in [2.75, 3.05) is 13.1 Å². The fourth-order valence-corrected chi connectivity index (χ4v) is 2.65. The summed E-state index contributed by atoms with van der Waals surface area (Å²) in [5, 5.41) is 13.5. The second kappa shape index (κ2) is 5.74. The minimum absolute atomic E-state index is 0.0970. The standard InChI is InChI=1S/C14H22N2O3/c1-9-13(11(3)19-15-9)7-14(18)16-6-4-5-12(8-16)10(2)17/h10,12,17H,4-8H2,1-3H3. The summed E-state index contributed by atoms with van der Waals surface area (Å²) in [6.45, 7) is 6.92. The Bertz CT molecular complexity index is 434. The summed E-state index contributed by atoms with van der Waals surface area (Å²) >= 11 is 0. The normalized spacial score (nSPS) is 21.5. The molecule has 1 aliphatic rings. The molecular formula is C14H22N2O3. The zero-order valence-electron chi connectivity index (χ0n) is 11.8. The minimum atomic E-state index is -0.352. The molecule has 1 saturated heterocycles. The lowest BCUT2D eigenvalue weighted by atomic mass is 9.93. The first-order chi connectivity index (χ1) is 8.99. The molecule has 1 N–H and O–H groups in total. The lowest BCUT2D eigenvalue weighted by Crippen LogP contribution is -2.43. The van der Waals surface area contributed by atoms with E-state index in [0.29, 0.717) is 13.0 Å². The van der Waals surface area contributed by atoms with Crippen molar-refractivity contribution in [1.29, 1.82) is 0 Å². The van der Waals surface area contributed by atoms with Crippen LogP contribution in [0.3, 0.4) is 0 Å². The maximum absolute atomic E-state index is 12.3. The largest absolute Gasteiger partial charge is 0.393 e. The summed E-state index contributed by atoms with van der Waals surface area (Å²) in [6, 6.07) is 0. The molecular weight excluding hydrogens is 244 g/mol. The molecule has 5 heteroatoms. The molecule has 1 aliphatic heterocycles. The molecule has 1 amide bonds. The Morgan fingerprint density at radius 3 is 2.89 bits per heavy atom. The van der Waals surface area contributed by atoms with Crippen molar-refractivity contribution in [2.45, 2.75) is 46.1 Å². The lowest BCUT2D eigenvalue weighted by molar-refractivity contribution is -0.133. The third-order valence-electron chi connectivity index (χ3n) is 4.00. The van der Waals surface area contributed by atoms with Crippen molar-refractivity contribution < 1.29 is 14.4 Å². The average Bonchev–Trinajstić information content (AvgIpc) is 2.70. The van der Waals surface area contributed by atoms with Gasteiger partial charge in [0.1, 0.15) is 5.76 Å². The van der Waals surface area contributed by atoms with Crippen molar-refractivity contribution in [3.63, 3.8) is 0 Å². The number of hydrogen-bond acceptors (Lipinski definition) is 4. The number of aryl methyl sites for hydroxylation is 2. The molecule has 19 heavy (non-hydrogen) atoms. The summed E-state index contributed by atoms with van der Waals surface area (Å²) in [7, 11) is 0. The Hall–Kier alpha value is -1.36. The van der Waals surface area contributed by atoms with Gasteiger partial charge in [0.15, 0.2) is 0 Å². The van der Waals surface area contributed by atoms with Gasteiger partial charge in [-0.2, -0.15) is 0 Å². The number of hydrogen-bond donors (Lipinski definition) is 1. The summed E-state index contributed by atoms with van der Waals surface area (Å²) in [5.74, 6) is 1.01. The van der Waals surface area contributed by atoms with Crippen LogP contribution in [0.1, 0.15) is 36.8 Å². The van der Waals surface area contributed by atoms with Gasteiger partial charge in [0, 0.05) is 24.6 Å². The van der Waals surface area contributed by atoms with Gasteiger partial charge in [-0.25, -0.2) is 0 Å². The second-order valence-corrected chi connectivity index (χ2v) is 5.46. The predicted octanol–water partition coefficient (Wildman–Crippen LogP) is 1.45. The first-order valence-corrected chi connectivity index (χ1v) is 6.86. The van der Waals surface area contributed by atoms with Gasteiger partial charge in [0.25, 0.3) is 0 Å². The summed E-state index contributed by atoms with van der Waals surface area (Å²) in [5.41, 5.74) is 1.68. The Labute approximate surface area is 113 Å². The molecule has 0 aliphatic carbocycles. The van der Waals surface area contributed by atoms with Crippen LogP contribution in [0.25, 0.3) is 0 Å². The van der Waals surface area contributed by atoms with Gasteiger partial charge in [-0.3, -0.25) is 4.79 Å². The SMILES string of the molecule is Cc1noc(C)c1CC(=O)N1CCCC(C(C)O)C1. The zero-order chi connectivity index (χ0) is 14.0. The van der Waals surface area contributed by atoms with Gasteiger partial charge < -0.3 is 14.5 Å². The molecule has 2 atom stereocenters. The van der Waals surface area contributed by atoms with E-state index in [1.54, 1.807) is 6.92 Å². The van der Waals surface area contributed by atoms with Crippen LogP contribution in [-0.2, 0) is 11.2 Å². The van der Waals surface area contributed by atoms with E-state index in [9.17, 15) is 9.90 Å². The highest BCUT2D eigenvalue weighted by atomic mass is 16.5. The molecule has 2 unspecified atom stereocenters. The topological polar surface area (TPSA) is 66.6 Å². The quantitative estimate of drug-likeness (QED) is 0.899. The number of amides is 1. The van der Waals surface area contributed by atoms with Crippen molar-refractivity contribution >= 4 is 5.91 Å². The monoisotopic (exact) mass is 266 g/mol. The van der Waals surface area contributed by atoms with E-state index < -0.39 is 0 Å². The Balaban J connectivity index is 2.00. The van der Waals surface area contributed by atoms with E-state index in [-0.39, 0.29) is 17.9 Å². The molecule has 1 aromatic heterocycles. The number of piperidine rings is 1. The smallest absolute Gasteiger partial charge is 0.227 e. The molecule has 0 aromatic carbocycles. The number of aromatic nitrogens is 1.